The van der Waals surface area contributed by atoms with E-state index in [9.17, 15) is 17.6 Å². The molecule has 6 nitrogen and oxygen atoms in total. The Morgan fingerprint density at radius 3 is 2.65 bits per heavy atom. The van der Waals surface area contributed by atoms with E-state index in [4.69, 9.17) is 17.3 Å². The lowest BCUT2D eigenvalue weighted by Crippen LogP contribution is -2.29. The van der Waals surface area contributed by atoms with Crippen molar-refractivity contribution >= 4 is 33.3 Å². The van der Waals surface area contributed by atoms with Gasteiger partial charge in [0, 0.05) is 13.6 Å². The fourth-order valence-electron chi connectivity index (χ4n) is 1.38. The molecule has 9 heteroatoms. The number of carbonyl (C=O) groups is 1. The van der Waals surface area contributed by atoms with Crippen molar-refractivity contribution in [1.82, 2.24) is 4.31 Å². The van der Waals surface area contributed by atoms with Crippen LogP contribution in [0.25, 0.3) is 0 Å². The number of anilines is 1. The van der Waals surface area contributed by atoms with E-state index in [0.29, 0.717) is 0 Å². The van der Waals surface area contributed by atoms with Crippen LogP contribution in [0.5, 0.6) is 0 Å². The van der Waals surface area contributed by atoms with Gasteiger partial charge in [0.15, 0.2) is 0 Å². The van der Waals surface area contributed by atoms with E-state index in [1.165, 1.54) is 14.2 Å². The first-order valence-corrected chi connectivity index (χ1v) is 7.29. The molecule has 0 aliphatic carbocycles. The van der Waals surface area contributed by atoms with Gasteiger partial charge in [-0.15, -0.1) is 0 Å². The van der Waals surface area contributed by atoms with Crippen molar-refractivity contribution in [2.24, 2.45) is 0 Å². The molecule has 1 rings (SSSR count). The van der Waals surface area contributed by atoms with Crippen LogP contribution in [0.3, 0.4) is 0 Å². The zero-order valence-electron chi connectivity index (χ0n) is 10.9. The lowest BCUT2D eigenvalue weighted by atomic mass is 10.3. The number of methoxy groups -OCH3 is 1. The Morgan fingerprint density at radius 2 is 2.10 bits per heavy atom. The van der Waals surface area contributed by atoms with E-state index >= 15 is 0 Å². The summed E-state index contributed by atoms with van der Waals surface area (Å²) in [5.41, 5.74) is 5.01. The molecular weight excluding hydrogens is 311 g/mol. The van der Waals surface area contributed by atoms with Crippen LogP contribution in [0.2, 0.25) is 5.02 Å². The minimum Gasteiger partial charge on any atom is -0.469 e. The Bertz CT molecular complexity index is 621. The number of hydrogen-bond donors (Lipinski definition) is 1. The lowest BCUT2D eigenvalue weighted by molar-refractivity contribution is -0.140. The second kappa shape index (κ2) is 6.38. The summed E-state index contributed by atoms with van der Waals surface area (Å²) < 4.78 is 43.0. The van der Waals surface area contributed by atoms with E-state index in [0.717, 1.165) is 16.4 Å². The van der Waals surface area contributed by atoms with Crippen molar-refractivity contribution in [3.63, 3.8) is 0 Å². The molecule has 0 saturated heterocycles. The second-order valence-corrected chi connectivity index (χ2v) is 6.38. The fraction of sp³-hybridized carbons (Fsp3) is 0.364. The zero-order valence-corrected chi connectivity index (χ0v) is 12.5. The second-order valence-electron chi connectivity index (χ2n) is 3.96. The molecule has 0 radical (unpaired) electrons. The highest BCUT2D eigenvalue weighted by Gasteiger charge is 2.25. The third-order valence-electron chi connectivity index (χ3n) is 2.60. The maximum atomic E-state index is 13.2. The first-order valence-electron chi connectivity index (χ1n) is 5.47. The maximum absolute atomic E-state index is 13.2. The van der Waals surface area contributed by atoms with Crippen molar-refractivity contribution in [2.45, 2.75) is 11.3 Å². The van der Waals surface area contributed by atoms with E-state index in [1.54, 1.807) is 0 Å². The summed E-state index contributed by atoms with van der Waals surface area (Å²) in [6.07, 6.45) is -0.111. The van der Waals surface area contributed by atoms with Crippen LogP contribution >= 0.6 is 11.6 Å². The molecule has 0 aliphatic rings. The van der Waals surface area contributed by atoms with Gasteiger partial charge in [0.1, 0.15) is 10.7 Å². The molecule has 2 N–H and O–H groups in total. The van der Waals surface area contributed by atoms with Gasteiger partial charge in [0.05, 0.1) is 24.2 Å². The molecule has 0 spiro atoms. The molecule has 1 aromatic carbocycles. The number of rotatable bonds is 5. The van der Waals surface area contributed by atoms with Gasteiger partial charge in [0.25, 0.3) is 0 Å². The van der Waals surface area contributed by atoms with Crippen molar-refractivity contribution in [3.05, 3.63) is 23.0 Å². The quantitative estimate of drug-likeness (QED) is 0.650. The third kappa shape index (κ3) is 3.59. The van der Waals surface area contributed by atoms with E-state index in [2.05, 4.69) is 4.74 Å². The molecule has 0 atom stereocenters. The molecule has 0 saturated carbocycles. The molecule has 0 bridgehead atoms. The summed E-state index contributed by atoms with van der Waals surface area (Å²) in [4.78, 5) is 10.7. The summed E-state index contributed by atoms with van der Waals surface area (Å²) >= 11 is 5.73. The van der Waals surface area contributed by atoms with Crippen molar-refractivity contribution in [2.75, 3.05) is 26.4 Å². The number of benzene rings is 1. The Labute approximate surface area is 121 Å². The van der Waals surface area contributed by atoms with Gasteiger partial charge in [-0.25, -0.2) is 17.1 Å². The van der Waals surface area contributed by atoms with E-state index in [1.807, 2.05) is 0 Å². The number of sulfonamides is 1. The number of nitrogens with two attached hydrogens (primary N) is 1. The largest absolute Gasteiger partial charge is 0.469 e. The Balaban J connectivity index is 3.04. The van der Waals surface area contributed by atoms with Crippen LogP contribution < -0.4 is 5.73 Å². The summed E-state index contributed by atoms with van der Waals surface area (Å²) in [6, 6.07) is 1.78. The minimum atomic E-state index is -3.97. The topological polar surface area (TPSA) is 89.7 Å². The smallest absolute Gasteiger partial charge is 0.306 e. The molecule has 0 aromatic heterocycles. The molecule has 0 aliphatic heterocycles. The molecule has 20 heavy (non-hydrogen) atoms. The van der Waals surface area contributed by atoms with Crippen LogP contribution in [-0.2, 0) is 19.6 Å². The van der Waals surface area contributed by atoms with Gasteiger partial charge in [-0.2, -0.15) is 0 Å². The predicted molar refractivity (Wildman–Crippen MR) is 72.3 cm³/mol. The molecule has 0 fully saturated rings. The van der Waals surface area contributed by atoms with Crippen LogP contribution in [-0.4, -0.2) is 39.4 Å². The Kier molecular flexibility index (Phi) is 5.32. The fourth-order valence-corrected chi connectivity index (χ4v) is 3.07. The lowest BCUT2D eigenvalue weighted by Gasteiger charge is -2.17. The highest BCUT2D eigenvalue weighted by atomic mass is 35.5. The minimum absolute atomic E-state index is 0.0946. The summed E-state index contributed by atoms with van der Waals surface area (Å²) in [5, 5.41) is -0.276. The average molecular weight is 325 g/mol. The van der Waals surface area contributed by atoms with Crippen LogP contribution in [0.1, 0.15) is 6.42 Å². The highest BCUT2D eigenvalue weighted by Crippen LogP contribution is 2.28. The number of halogens is 2. The SMILES string of the molecule is COC(=O)CCN(C)S(=O)(=O)c1cc(N)c(F)cc1Cl. The predicted octanol–water partition coefficient (Wildman–Crippen LogP) is 1.24. The van der Waals surface area contributed by atoms with Gasteiger partial charge in [-0.05, 0) is 12.1 Å². The monoisotopic (exact) mass is 324 g/mol. The Hall–Kier alpha value is -1.38. The van der Waals surface area contributed by atoms with Crippen molar-refractivity contribution in [1.29, 1.82) is 0 Å². The van der Waals surface area contributed by atoms with Gasteiger partial charge in [-0.1, -0.05) is 11.6 Å². The maximum Gasteiger partial charge on any atom is 0.306 e. The zero-order chi connectivity index (χ0) is 15.5. The number of hydrogen-bond acceptors (Lipinski definition) is 5. The molecule has 112 valence electrons. The van der Waals surface area contributed by atoms with Gasteiger partial charge in [-0.3, -0.25) is 4.79 Å². The molecule has 0 heterocycles. The molecule has 0 amide bonds. The third-order valence-corrected chi connectivity index (χ3v) is 4.92. The van der Waals surface area contributed by atoms with Gasteiger partial charge >= 0.3 is 5.97 Å². The summed E-state index contributed by atoms with van der Waals surface area (Å²) in [5.74, 6) is -1.34. The normalized spacial score (nSPS) is 11.7. The number of esters is 1. The van der Waals surface area contributed by atoms with Crippen molar-refractivity contribution in [3.8, 4) is 0 Å². The van der Waals surface area contributed by atoms with Crippen LogP contribution in [0.4, 0.5) is 10.1 Å². The summed E-state index contributed by atoms with van der Waals surface area (Å²) in [7, 11) is -1.49. The van der Waals surface area contributed by atoms with Crippen LogP contribution in [0, 0.1) is 5.82 Å². The summed E-state index contributed by atoms with van der Waals surface area (Å²) in [6.45, 7) is -0.0946. The van der Waals surface area contributed by atoms with E-state index in [-0.39, 0.29) is 28.6 Å². The first-order chi connectivity index (χ1) is 9.20. The molecule has 0 unspecified atom stereocenters. The number of ether oxygens (including phenoxy) is 1. The average Bonchev–Trinajstić information content (AvgIpc) is 2.39. The van der Waals surface area contributed by atoms with Gasteiger partial charge in [0.2, 0.25) is 10.0 Å². The Morgan fingerprint density at radius 1 is 1.50 bits per heavy atom. The van der Waals surface area contributed by atoms with Gasteiger partial charge < -0.3 is 10.5 Å². The number of nitrogens with zero attached hydrogens (tertiary/aromatic N) is 1. The number of nitrogen functional groups attached to an aromatic ring is 1. The van der Waals surface area contributed by atoms with Crippen molar-refractivity contribution < 1.29 is 22.3 Å². The highest BCUT2D eigenvalue weighted by molar-refractivity contribution is 7.89. The standard InChI is InChI=1S/C11H14ClFN2O4S/c1-15(4-3-11(16)19-2)20(17,18)10-6-9(14)8(13)5-7(10)12/h5-6H,3-4,14H2,1-2H3. The first kappa shape index (κ1) is 16.7. The van der Waals surface area contributed by atoms with E-state index < -0.39 is 21.8 Å². The molecular formula is C11H14ClFN2O4S. The number of carbonyl (C=O) groups excluding carboxylic acids is 1. The molecule has 1 aromatic rings. The van der Waals surface area contributed by atoms with Crippen LogP contribution in [0.15, 0.2) is 17.0 Å².